The van der Waals surface area contributed by atoms with Crippen LogP contribution < -0.4 is 4.74 Å². The molecule has 0 fully saturated rings. The van der Waals surface area contributed by atoms with Crippen molar-refractivity contribution >= 4 is 11.6 Å². The Kier molecular flexibility index (Phi) is 2.96. The SMILES string of the molecule is O=C(O)Cc1ccccc1Oc1cncc2nnnn12. The lowest BCUT2D eigenvalue weighted by Gasteiger charge is -2.09. The number of tetrazole rings is 1. The van der Waals surface area contributed by atoms with Crippen molar-refractivity contribution in [3.63, 3.8) is 0 Å². The van der Waals surface area contributed by atoms with Crippen LogP contribution in [-0.4, -0.2) is 36.1 Å². The third kappa shape index (κ3) is 2.26. The monoisotopic (exact) mass is 271 g/mol. The van der Waals surface area contributed by atoms with Crippen LogP contribution in [0.25, 0.3) is 5.65 Å². The number of carboxylic acid groups (broad SMARTS) is 1. The lowest BCUT2D eigenvalue weighted by Crippen LogP contribution is -2.03. The highest BCUT2D eigenvalue weighted by Crippen LogP contribution is 2.24. The minimum absolute atomic E-state index is 0.130. The maximum absolute atomic E-state index is 10.8. The van der Waals surface area contributed by atoms with Gasteiger partial charge in [0.1, 0.15) is 5.75 Å². The quantitative estimate of drug-likeness (QED) is 0.753. The number of fused-ring (bicyclic) bond motifs is 1. The molecular weight excluding hydrogens is 262 g/mol. The smallest absolute Gasteiger partial charge is 0.307 e. The zero-order valence-corrected chi connectivity index (χ0v) is 10.2. The minimum Gasteiger partial charge on any atom is -0.481 e. The molecule has 20 heavy (non-hydrogen) atoms. The first-order valence-electron chi connectivity index (χ1n) is 5.74. The third-order valence-electron chi connectivity index (χ3n) is 2.61. The van der Waals surface area contributed by atoms with Crippen molar-refractivity contribution in [2.24, 2.45) is 0 Å². The van der Waals surface area contributed by atoms with Crippen LogP contribution in [0.15, 0.2) is 36.7 Å². The van der Waals surface area contributed by atoms with Crippen molar-refractivity contribution in [3.8, 4) is 11.6 Å². The molecule has 100 valence electrons. The molecule has 0 unspecified atom stereocenters. The van der Waals surface area contributed by atoms with Gasteiger partial charge >= 0.3 is 5.97 Å². The van der Waals surface area contributed by atoms with Gasteiger partial charge in [-0.25, -0.2) is 0 Å². The number of ether oxygens (including phenoxy) is 1. The zero-order valence-electron chi connectivity index (χ0n) is 10.2. The Hall–Kier alpha value is -3.03. The summed E-state index contributed by atoms with van der Waals surface area (Å²) in [7, 11) is 0. The molecule has 0 aliphatic rings. The molecule has 0 saturated carbocycles. The number of benzene rings is 1. The lowest BCUT2D eigenvalue weighted by molar-refractivity contribution is -0.136. The van der Waals surface area contributed by atoms with E-state index in [2.05, 4.69) is 20.5 Å². The molecule has 0 radical (unpaired) electrons. The Bertz CT molecular complexity index is 770. The molecule has 0 amide bonds. The van der Waals surface area contributed by atoms with E-state index in [0.29, 0.717) is 22.8 Å². The van der Waals surface area contributed by atoms with Crippen LogP contribution in [0.3, 0.4) is 0 Å². The summed E-state index contributed by atoms with van der Waals surface area (Å²) in [5, 5.41) is 20.0. The van der Waals surface area contributed by atoms with E-state index in [4.69, 9.17) is 9.84 Å². The van der Waals surface area contributed by atoms with Gasteiger partial charge in [-0.15, -0.1) is 5.10 Å². The second kappa shape index (κ2) is 4.92. The average molecular weight is 271 g/mol. The number of para-hydroxylation sites is 1. The first-order chi connectivity index (χ1) is 9.74. The van der Waals surface area contributed by atoms with Gasteiger partial charge in [0.15, 0.2) is 0 Å². The van der Waals surface area contributed by atoms with Crippen molar-refractivity contribution in [1.82, 2.24) is 25.0 Å². The molecule has 8 heteroatoms. The number of aromatic nitrogens is 5. The average Bonchev–Trinajstić information content (AvgIpc) is 2.90. The molecule has 0 bridgehead atoms. The molecule has 2 heterocycles. The van der Waals surface area contributed by atoms with E-state index in [1.807, 2.05) is 0 Å². The first-order valence-corrected chi connectivity index (χ1v) is 5.74. The van der Waals surface area contributed by atoms with Crippen molar-refractivity contribution in [2.75, 3.05) is 0 Å². The predicted molar refractivity (Wildman–Crippen MR) is 66.4 cm³/mol. The molecule has 2 aromatic heterocycles. The second-order valence-corrected chi connectivity index (χ2v) is 3.97. The third-order valence-corrected chi connectivity index (χ3v) is 2.61. The van der Waals surface area contributed by atoms with Crippen LogP contribution in [0.4, 0.5) is 0 Å². The summed E-state index contributed by atoms with van der Waals surface area (Å²) in [5.41, 5.74) is 1.00. The van der Waals surface area contributed by atoms with Gasteiger partial charge in [0.25, 0.3) is 0 Å². The number of nitrogens with zero attached hydrogens (tertiary/aromatic N) is 5. The molecular formula is C12H9N5O3. The Morgan fingerprint density at radius 2 is 2.15 bits per heavy atom. The van der Waals surface area contributed by atoms with E-state index >= 15 is 0 Å². The summed E-state index contributed by atoms with van der Waals surface area (Å²) >= 11 is 0. The topological polar surface area (TPSA) is 102 Å². The van der Waals surface area contributed by atoms with Gasteiger partial charge in [0.2, 0.25) is 11.5 Å². The maximum Gasteiger partial charge on any atom is 0.307 e. The number of hydrogen-bond acceptors (Lipinski definition) is 6. The van der Waals surface area contributed by atoms with Gasteiger partial charge in [-0.2, -0.15) is 4.52 Å². The second-order valence-electron chi connectivity index (χ2n) is 3.97. The van der Waals surface area contributed by atoms with Crippen LogP contribution in [0.5, 0.6) is 11.6 Å². The molecule has 3 rings (SSSR count). The predicted octanol–water partition coefficient (Wildman–Crippen LogP) is 0.939. The van der Waals surface area contributed by atoms with Crippen LogP contribution in [-0.2, 0) is 11.2 Å². The molecule has 1 N–H and O–H groups in total. The normalized spacial score (nSPS) is 10.6. The molecule has 0 aliphatic carbocycles. The number of hydrogen-bond donors (Lipinski definition) is 1. The van der Waals surface area contributed by atoms with Crippen molar-refractivity contribution in [2.45, 2.75) is 6.42 Å². The highest BCUT2D eigenvalue weighted by molar-refractivity contribution is 5.71. The number of rotatable bonds is 4. The van der Waals surface area contributed by atoms with Crippen molar-refractivity contribution in [3.05, 3.63) is 42.2 Å². The van der Waals surface area contributed by atoms with Gasteiger partial charge in [0, 0.05) is 5.56 Å². The van der Waals surface area contributed by atoms with E-state index in [9.17, 15) is 4.79 Å². The Morgan fingerprint density at radius 1 is 1.30 bits per heavy atom. The molecule has 0 atom stereocenters. The summed E-state index contributed by atoms with van der Waals surface area (Å²) in [6.07, 6.45) is 2.83. The summed E-state index contributed by atoms with van der Waals surface area (Å²) in [6.45, 7) is 0. The Labute approximate surface area is 112 Å². The van der Waals surface area contributed by atoms with E-state index in [1.54, 1.807) is 24.3 Å². The van der Waals surface area contributed by atoms with Gasteiger partial charge in [-0.3, -0.25) is 9.78 Å². The highest BCUT2D eigenvalue weighted by atomic mass is 16.5. The van der Waals surface area contributed by atoms with Gasteiger partial charge in [-0.1, -0.05) is 18.2 Å². The van der Waals surface area contributed by atoms with Crippen LogP contribution in [0.1, 0.15) is 5.56 Å². The fourth-order valence-electron chi connectivity index (χ4n) is 1.75. The van der Waals surface area contributed by atoms with Gasteiger partial charge in [0.05, 0.1) is 18.8 Å². The Balaban J connectivity index is 1.99. The van der Waals surface area contributed by atoms with Gasteiger partial charge in [-0.05, 0) is 16.5 Å². The van der Waals surface area contributed by atoms with E-state index in [-0.39, 0.29) is 6.42 Å². The summed E-state index contributed by atoms with van der Waals surface area (Å²) in [6, 6.07) is 6.88. The van der Waals surface area contributed by atoms with Gasteiger partial charge < -0.3 is 9.84 Å². The van der Waals surface area contributed by atoms with Crippen LogP contribution in [0.2, 0.25) is 0 Å². The summed E-state index contributed by atoms with van der Waals surface area (Å²) < 4.78 is 7.06. The van der Waals surface area contributed by atoms with Crippen molar-refractivity contribution in [1.29, 1.82) is 0 Å². The molecule has 0 aliphatic heterocycles. The minimum atomic E-state index is -0.931. The number of carbonyl (C=O) groups is 1. The molecule has 0 saturated heterocycles. The maximum atomic E-state index is 10.8. The fraction of sp³-hybridized carbons (Fsp3) is 0.0833. The lowest BCUT2D eigenvalue weighted by atomic mass is 10.1. The summed E-state index contributed by atoms with van der Waals surface area (Å²) in [5.74, 6) is -0.190. The molecule has 0 spiro atoms. The zero-order chi connectivity index (χ0) is 13.9. The number of carboxylic acids is 1. The van der Waals surface area contributed by atoms with Crippen molar-refractivity contribution < 1.29 is 14.6 Å². The number of aliphatic carboxylic acids is 1. The van der Waals surface area contributed by atoms with E-state index in [0.717, 1.165) is 0 Å². The Morgan fingerprint density at radius 3 is 3.00 bits per heavy atom. The van der Waals surface area contributed by atoms with Crippen LogP contribution >= 0.6 is 0 Å². The molecule has 8 nitrogen and oxygen atoms in total. The highest BCUT2D eigenvalue weighted by Gasteiger charge is 2.11. The van der Waals surface area contributed by atoms with Crippen LogP contribution in [0, 0.1) is 0 Å². The molecule has 3 aromatic rings. The van der Waals surface area contributed by atoms with E-state index < -0.39 is 5.97 Å². The fourth-order valence-corrected chi connectivity index (χ4v) is 1.75. The summed E-state index contributed by atoms with van der Waals surface area (Å²) in [4.78, 5) is 14.8. The standard InChI is InChI=1S/C12H9N5O3/c18-12(19)5-8-3-1-2-4-9(8)20-11-7-13-6-10-14-15-16-17(10)11/h1-4,6-7H,5H2,(H,18,19). The van der Waals surface area contributed by atoms with E-state index in [1.165, 1.54) is 16.9 Å². The largest absolute Gasteiger partial charge is 0.481 e. The molecule has 1 aromatic carbocycles. The first kappa shape index (κ1) is 12.0.